The Morgan fingerprint density at radius 1 is 1.42 bits per heavy atom. The zero-order chi connectivity index (χ0) is 17.9. The number of para-hydroxylation sites is 1. The highest BCUT2D eigenvalue weighted by molar-refractivity contribution is 5.89. The van der Waals surface area contributed by atoms with Crippen LogP contribution < -0.4 is 5.32 Å². The number of alkyl carbamates (subject to hydrolysis) is 1. The van der Waals surface area contributed by atoms with Gasteiger partial charge in [-0.15, -0.1) is 0 Å². The predicted octanol–water partition coefficient (Wildman–Crippen LogP) is 2.56. The minimum absolute atomic E-state index is 0.0729. The molecule has 0 aliphatic heterocycles. The molecule has 0 fully saturated rings. The van der Waals surface area contributed by atoms with Crippen LogP contribution >= 0.6 is 0 Å². The fourth-order valence-electron chi connectivity index (χ4n) is 2.34. The summed E-state index contributed by atoms with van der Waals surface area (Å²) in [5.41, 5.74) is 1.11. The summed E-state index contributed by atoms with van der Waals surface area (Å²) in [6.07, 6.45) is 0.939. The first-order valence-electron chi connectivity index (χ1n) is 7.42. The largest absolute Gasteiger partial charge is 0.480 e. The zero-order valence-corrected chi connectivity index (χ0v) is 13.7. The lowest BCUT2D eigenvalue weighted by molar-refractivity contribution is -0.139. The number of hydrogen-bond acceptors (Lipinski definition) is 4. The molecule has 0 saturated carbocycles. The molecule has 7 nitrogen and oxygen atoms in total. The number of carboxylic acids is 1. The van der Waals surface area contributed by atoms with Crippen LogP contribution in [0.2, 0.25) is 0 Å². The number of amides is 1. The van der Waals surface area contributed by atoms with Crippen molar-refractivity contribution in [1.29, 1.82) is 5.26 Å². The van der Waals surface area contributed by atoms with E-state index < -0.39 is 23.7 Å². The lowest BCUT2D eigenvalue weighted by Gasteiger charge is -2.22. The minimum Gasteiger partial charge on any atom is -0.480 e. The van der Waals surface area contributed by atoms with Crippen molar-refractivity contribution in [2.24, 2.45) is 0 Å². The van der Waals surface area contributed by atoms with E-state index in [1.54, 1.807) is 45.2 Å². The summed E-state index contributed by atoms with van der Waals surface area (Å²) in [5, 5.41) is 21.6. The number of nitriles is 1. The molecule has 3 N–H and O–H groups in total. The first-order chi connectivity index (χ1) is 11.2. The Labute approximate surface area is 139 Å². The Balaban J connectivity index is 2.22. The molecule has 2 rings (SSSR count). The third-order valence-corrected chi connectivity index (χ3v) is 3.33. The molecule has 24 heavy (non-hydrogen) atoms. The third kappa shape index (κ3) is 4.04. The van der Waals surface area contributed by atoms with Crippen molar-refractivity contribution in [3.05, 3.63) is 35.5 Å². The lowest BCUT2D eigenvalue weighted by atomic mass is 10.0. The molecule has 0 spiro atoms. The number of aliphatic carboxylic acids is 1. The summed E-state index contributed by atoms with van der Waals surface area (Å²) < 4.78 is 5.10. The number of aromatic amines is 1. The normalized spacial score (nSPS) is 12.4. The molecule has 0 unspecified atom stereocenters. The van der Waals surface area contributed by atoms with Crippen molar-refractivity contribution in [3.63, 3.8) is 0 Å². The topological polar surface area (TPSA) is 115 Å². The molecule has 1 heterocycles. The van der Waals surface area contributed by atoms with Crippen LogP contribution in [0.4, 0.5) is 4.79 Å². The van der Waals surface area contributed by atoms with Crippen LogP contribution in [0.1, 0.15) is 31.9 Å². The van der Waals surface area contributed by atoms with Gasteiger partial charge in [0.1, 0.15) is 17.7 Å². The Kier molecular flexibility index (Phi) is 4.79. The molecule has 1 aromatic heterocycles. The molecule has 0 bridgehead atoms. The monoisotopic (exact) mass is 329 g/mol. The van der Waals surface area contributed by atoms with Crippen molar-refractivity contribution in [1.82, 2.24) is 10.3 Å². The van der Waals surface area contributed by atoms with E-state index in [0.717, 1.165) is 5.39 Å². The highest BCUT2D eigenvalue weighted by Gasteiger charge is 2.25. The van der Waals surface area contributed by atoms with E-state index in [4.69, 9.17) is 10.00 Å². The minimum atomic E-state index is -1.16. The molecule has 0 radical (unpaired) electrons. The average molecular weight is 329 g/mol. The number of rotatable bonds is 4. The number of aromatic nitrogens is 1. The number of hydrogen-bond donors (Lipinski definition) is 3. The van der Waals surface area contributed by atoms with Crippen LogP contribution in [0.5, 0.6) is 0 Å². The fraction of sp³-hybridized carbons (Fsp3) is 0.353. The van der Waals surface area contributed by atoms with Gasteiger partial charge in [-0.25, -0.2) is 9.59 Å². The first kappa shape index (κ1) is 17.3. The van der Waals surface area contributed by atoms with Gasteiger partial charge in [-0.3, -0.25) is 0 Å². The number of carbonyl (C=O) groups is 2. The van der Waals surface area contributed by atoms with Crippen LogP contribution in [-0.2, 0) is 16.0 Å². The molecule has 0 saturated heterocycles. The van der Waals surface area contributed by atoms with Crippen LogP contribution in [0.25, 0.3) is 10.9 Å². The molecule has 0 aliphatic carbocycles. The number of carboxylic acid groups (broad SMARTS) is 1. The van der Waals surface area contributed by atoms with Crippen LogP contribution in [0.3, 0.4) is 0 Å². The Bertz CT molecular complexity index is 811. The van der Waals surface area contributed by atoms with E-state index in [1.807, 2.05) is 0 Å². The van der Waals surface area contributed by atoms with Crippen molar-refractivity contribution in [2.75, 3.05) is 0 Å². The van der Waals surface area contributed by atoms with Crippen LogP contribution in [0, 0.1) is 11.3 Å². The van der Waals surface area contributed by atoms with Gasteiger partial charge in [0.25, 0.3) is 0 Å². The summed E-state index contributed by atoms with van der Waals surface area (Å²) in [4.78, 5) is 26.3. The van der Waals surface area contributed by atoms with Gasteiger partial charge in [0.05, 0.1) is 11.1 Å². The third-order valence-electron chi connectivity index (χ3n) is 3.33. The number of nitrogens with zero attached hydrogens (tertiary/aromatic N) is 1. The maximum atomic E-state index is 11.8. The fourth-order valence-corrected chi connectivity index (χ4v) is 2.34. The van der Waals surface area contributed by atoms with Gasteiger partial charge in [0.2, 0.25) is 0 Å². The molecule has 1 atom stereocenters. The van der Waals surface area contributed by atoms with E-state index in [9.17, 15) is 14.7 Å². The SMILES string of the molecule is CC(C)(C)OC(=O)N[C@@H](Cc1c[nH]c2c(C#N)cccc12)C(=O)O. The summed E-state index contributed by atoms with van der Waals surface area (Å²) in [5.74, 6) is -1.16. The molecule has 1 aromatic carbocycles. The van der Waals surface area contributed by atoms with Crippen LogP contribution in [0.15, 0.2) is 24.4 Å². The zero-order valence-electron chi connectivity index (χ0n) is 13.7. The molecule has 7 heteroatoms. The second-order valence-corrected chi connectivity index (χ2v) is 6.40. The Hall–Kier alpha value is -3.01. The van der Waals surface area contributed by atoms with Gasteiger partial charge >= 0.3 is 12.1 Å². The quantitative estimate of drug-likeness (QED) is 0.797. The highest BCUT2D eigenvalue weighted by atomic mass is 16.6. The van der Waals surface area contributed by atoms with Crippen molar-refractivity contribution >= 4 is 23.0 Å². The van der Waals surface area contributed by atoms with Gasteiger partial charge in [-0.2, -0.15) is 5.26 Å². The molecule has 0 aliphatic rings. The van der Waals surface area contributed by atoms with E-state index in [2.05, 4.69) is 16.4 Å². The number of ether oxygens (including phenoxy) is 1. The van der Waals surface area contributed by atoms with E-state index in [1.165, 1.54) is 0 Å². The molecular formula is C17H19N3O4. The highest BCUT2D eigenvalue weighted by Crippen LogP contribution is 2.22. The van der Waals surface area contributed by atoms with Crippen molar-refractivity contribution in [3.8, 4) is 6.07 Å². The van der Waals surface area contributed by atoms with Crippen LogP contribution in [-0.4, -0.2) is 33.8 Å². The van der Waals surface area contributed by atoms with E-state index in [-0.39, 0.29) is 6.42 Å². The van der Waals surface area contributed by atoms with Gasteiger partial charge < -0.3 is 20.1 Å². The second kappa shape index (κ2) is 6.62. The Morgan fingerprint density at radius 2 is 2.12 bits per heavy atom. The smallest absolute Gasteiger partial charge is 0.408 e. The van der Waals surface area contributed by atoms with Crippen molar-refractivity contribution < 1.29 is 19.4 Å². The number of carbonyl (C=O) groups excluding carboxylic acids is 1. The second-order valence-electron chi connectivity index (χ2n) is 6.40. The molecule has 126 valence electrons. The maximum absolute atomic E-state index is 11.8. The van der Waals surface area contributed by atoms with E-state index in [0.29, 0.717) is 16.6 Å². The first-order valence-corrected chi connectivity index (χ1v) is 7.42. The predicted molar refractivity (Wildman–Crippen MR) is 87.5 cm³/mol. The maximum Gasteiger partial charge on any atom is 0.408 e. The van der Waals surface area contributed by atoms with Crippen molar-refractivity contribution in [2.45, 2.75) is 38.8 Å². The van der Waals surface area contributed by atoms with Gasteiger partial charge in [0, 0.05) is 18.0 Å². The number of fused-ring (bicyclic) bond motifs is 1. The van der Waals surface area contributed by atoms with Gasteiger partial charge in [0.15, 0.2) is 0 Å². The molecular weight excluding hydrogens is 310 g/mol. The number of nitrogens with one attached hydrogen (secondary N) is 2. The molecule has 1 amide bonds. The molecule has 2 aromatic rings. The summed E-state index contributed by atoms with van der Waals surface area (Å²) in [7, 11) is 0. The number of benzene rings is 1. The summed E-state index contributed by atoms with van der Waals surface area (Å²) in [6.45, 7) is 5.10. The summed E-state index contributed by atoms with van der Waals surface area (Å²) in [6, 6.07) is 6.15. The number of H-pyrrole nitrogens is 1. The van der Waals surface area contributed by atoms with Gasteiger partial charge in [-0.1, -0.05) is 12.1 Å². The lowest BCUT2D eigenvalue weighted by Crippen LogP contribution is -2.44. The average Bonchev–Trinajstić information content (AvgIpc) is 2.87. The Morgan fingerprint density at radius 3 is 2.71 bits per heavy atom. The standard InChI is InChI=1S/C17H19N3O4/c1-17(2,3)24-16(23)20-13(15(21)22)7-11-9-19-14-10(8-18)5-4-6-12(11)14/h4-6,9,13,19H,7H2,1-3H3,(H,20,23)(H,21,22)/t13-/m0/s1. The summed E-state index contributed by atoms with van der Waals surface area (Å²) >= 11 is 0. The van der Waals surface area contributed by atoms with E-state index >= 15 is 0 Å². The van der Waals surface area contributed by atoms with Gasteiger partial charge in [-0.05, 0) is 32.4 Å².